The zero-order valence-corrected chi connectivity index (χ0v) is 20.4. The maximum absolute atomic E-state index is 12.3. The minimum atomic E-state index is -3.20. The van der Waals surface area contributed by atoms with Gasteiger partial charge in [-0.3, -0.25) is 4.99 Å². The van der Waals surface area contributed by atoms with Crippen LogP contribution in [0, 0.1) is 5.92 Å². The van der Waals surface area contributed by atoms with E-state index in [4.69, 9.17) is 0 Å². The minimum absolute atomic E-state index is 0. The normalized spacial score (nSPS) is 16.1. The molecule has 160 valence electrons. The third kappa shape index (κ3) is 7.51. The van der Waals surface area contributed by atoms with Gasteiger partial charge in [0.25, 0.3) is 0 Å². The van der Waals surface area contributed by atoms with Crippen LogP contribution in [0.1, 0.15) is 32.3 Å². The van der Waals surface area contributed by atoms with E-state index < -0.39 is 10.0 Å². The van der Waals surface area contributed by atoms with E-state index in [1.54, 1.807) is 7.05 Å². The fourth-order valence-electron chi connectivity index (χ4n) is 3.67. The molecule has 1 fully saturated rings. The van der Waals surface area contributed by atoms with Crippen molar-refractivity contribution in [3.63, 3.8) is 0 Å². The van der Waals surface area contributed by atoms with Crippen LogP contribution in [0.3, 0.4) is 0 Å². The molecule has 2 rings (SSSR count). The van der Waals surface area contributed by atoms with Crippen LogP contribution in [-0.2, 0) is 16.4 Å². The number of guanidine groups is 1. The van der Waals surface area contributed by atoms with Crippen molar-refractivity contribution in [1.82, 2.24) is 14.5 Å². The van der Waals surface area contributed by atoms with Crippen LogP contribution in [0.4, 0.5) is 0 Å². The van der Waals surface area contributed by atoms with Crippen LogP contribution in [0.15, 0.2) is 35.3 Å². The Morgan fingerprint density at radius 1 is 1.18 bits per heavy atom. The summed E-state index contributed by atoms with van der Waals surface area (Å²) in [7, 11) is -1.44. The van der Waals surface area contributed by atoms with Gasteiger partial charge in [-0.1, -0.05) is 44.2 Å². The third-order valence-electron chi connectivity index (χ3n) is 5.24. The highest BCUT2D eigenvalue weighted by molar-refractivity contribution is 14.0. The number of hydrogen-bond acceptors (Lipinski definition) is 3. The van der Waals surface area contributed by atoms with Gasteiger partial charge in [0, 0.05) is 39.8 Å². The highest BCUT2D eigenvalue weighted by Crippen LogP contribution is 2.21. The molecular formula is C20H35IN4O2S. The quantitative estimate of drug-likeness (QED) is 0.324. The van der Waals surface area contributed by atoms with Gasteiger partial charge in [-0.15, -0.1) is 24.0 Å². The Balaban J connectivity index is 0.00000392. The van der Waals surface area contributed by atoms with Gasteiger partial charge in [0.1, 0.15) is 0 Å². The average Bonchev–Trinajstić information content (AvgIpc) is 2.67. The van der Waals surface area contributed by atoms with E-state index in [9.17, 15) is 8.42 Å². The molecular weight excluding hydrogens is 487 g/mol. The molecule has 1 aliphatic rings. The number of piperidine rings is 1. The summed E-state index contributed by atoms with van der Waals surface area (Å²) in [6, 6.07) is 10.7. The number of sulfonamides is 1. The topological polar surface area (TPSA) is 65.0 Å². The molecule has 0 aromatic heterocycles. The first-order chi connectivity index (χ1) is 13.0. The second-order valence-electron chi connectivity index (χ2n) is 6.99. The van der Waals surface area contributed by atoms with Gasteiger partial charge in [0.2, 0.25) is 10.0 Å². The average molecular weight is 522 g/mol. The van der Waals surface area contributed by atoms with Crippen LogP contribution in [0.2, 0.25) is 0 Å². The molecule has 1 aromatic rings. The van der Waals surface area contributed by atoms with Crippen molar-refractivity contribution in [2.75, 3.05) is 45.5 Å². The van der Waals surface area contributed by atoms with Gasteiger partial charge in [-0.05, 0) is 30.7 Å². The Morgan fingerprint density at radius 3 is 2.32 bits per heavy atom. The first-order valence-corrected chi connectivity index (χ1v) is 11.6. The van der Waals surface area contributed by atoms with Crippen LogP contribution in [-0.4, -0.2) is 69.1 Å². The Labute approximate surface area is 187 Å². The van der Waals surface area contributed by atoms with Gasteiger partial charge in [0.15, 0.2) is 5.96 Å². The number of benzene rings is 1. The van der Waals surface area contributed by atoms with Crippen molar-refractivity contribution in [1.29, 1.82) is 0 Å². The van der Waals surface area contributed by atoms with Gasteiger partial charge in [0.05, 0.1) is 5.75 Å². The van der Waals surface area contributed by atoms with Gasteiger partial charge >= 0.3 is 0 Å². The molecule has 0 bridgehead atoms. The molecule has 8 heteroatoms. The number of likely N-dealkylation sites (tertiary alicyclic amines) is 1. The summed E-state index contributed by atoms with van der Waals surface area (Å²) >= 11 is 0. The fraction of sp³-hybridized carbons (Fsp3) is 0.650. The van der Waals surface area contributed by atoms with Crippen molar-refractivity contribution in [2.24, 2.45) is 10.9 Å². The van der Waals surface area contributed by atoms with E-state index in [2.05, 4.69) is 45.5 Å². The molecule has 0 unspecified atom stereocenters. The molecule has 6 nitrogen and oxygen atoms in total. The van der Waals surface area contributed by atoms with Crippen molar-refractivity contribution in [2.45, 2.75) is 33.1 Å². The lowest BCUT2D eigenvalue weighted by Gasteiger charge is -2.34. The number of nitrogens with zero attached hydrogens (tertiary/aromatic N) is 3. The lowest BCUT2D eigenvalue weighted by Crippen LogP contribution is -2.47. The summed E-state index contributed by atoms with van der Waals surface area (Å²) in [5.41, 5.74) is 1.40. The summed E-state index contributed by atoms with van der Waals surface area (Å²) in [5, 5.41) is 3.23. The van der Waals surface area contributed by atoms with Crippen LogP contribution in [0.5, 0.6) is 0 Å². The summed E-state index contributed by atoms with van der Waals surface area (Å²) < 4.78 is 26.1. The zero-order chi connectivity index (χ0) is 19.7. The molecule has 1 aromatic carbocycles. The monoisotopic (exact) mass is 522 g/mol. The molecule has 0 saturated carbocycles. The molecule has 0 atom stereocenters. The van der Waals surface area contributed by atoms with Crippen molar-refractivity contribution >= 4 is 40.0 Å². The van der Waals surface area contributed by atoms with Crippen LogP contribution < -0.4 is 5.32 Å². The first-order valence-electron chi connectivity index (χ1n) is 9.97. The van der Waals surface area contributed by atoms with Crippen molar-refractivity contribution < 1.29 is 8.42 Å². The third-order valence-corrected chi connectivity index (χ3v) is 7.26. The predicted molar refractivity (Wildman–Crippen MR) is 128 cm³/mol. The maximum Gasteiger partial charge on any atom is 0.215 e. The lowest BCUT2D eigenvalue weighted by molar-refractivity contribution is 0.259. The van der Waals surface area contributed by atoms with Crippen LogP contribution in [0.25, 0.3) is 0 Å². The second kappa shape index (κ2) is 12.6. The molecule has 1 N–H and O–H groups in total. The predicted octanol–water partition coefficient (Wildman–Crippen LogP) is 2.81. The van der Waals surface area contributed by atoms with E-state index >= 15 is 0 Å². The van der Waals surface area contributed by atoms with Crippen molar-refractivity contribution in [3.05, 3.63) is 35.9 Å². The summed E-state index contributed by atoms with van der Waals surface area (Å²) in [5.74, 6) is 1.60. The maximum atomic E-state index is 12.3. The molecule has 0 radical (unpaired) electrons. The molecule has 0 aliphatic carbocycles. The molecule has 1 heterocycles. The van der Waals surface area contributed by atoms with Gasteiger partial charge in [-0.2, -0.15) is 0 Å². The number of halogens is 1. The van der Waals surface area contributed by atoms with Crippen LogP contribution >= 0.6 is 24.0 Å². The molecule has 0 spiro atoms. The van der Waals surface area contributed by atoms with Gasteiger partial charge < -0.3 is 10.2 Å². The Morgan fingerprint density at radius 2 is 1.79 bits per heavy atom. The summed E-state index contributed by atoms with van der Waals surface area (Å²) in [6.45, 7) is 7.07. The van der Waals surface area contributed by atoms with Crippen molar-refractivity contribution in [3.8, 4) is 0 Å². The number of aliphatic imine (C=N–C) groups is 1. The summed E-state index contributed by atoms with van der Waals surface area (Å²) in [4.78, 5) is 6.59. The number of nitrogens with one attached hydrogen (secondary N) is 1. The minimum Gasteiger partial charge on any atom is -0.355 e. The smallest absolute Gasteiger partial charge is 0.215 e. The Bertz CT molecular complexity index is 685. The first kappa shape index (κ1) is 25.2. The summed E-state index contributed by atoms with van der Waals surface area (Å²) in [6.07, 6.45) is 3.39. The molecule has 1 aliphatic heterocycles. The lowest BCUT2D eigenvalue weighted by atomic mass is 9.90. The highest BCUT2D eigenvalue weighted by atomic mass is 127. The van der Waals surface area contributed by atoms with E-state index in [1.807, 2.05) is 13.8 Å². The Kier molecular flexibility index (Phi) is 11.4. The zero-order valence-electron chi connectivity index (χ0n) is 17.3. The molecule has 1 saturated heterocycles. The van der Waals surface area contributed by atoms with E-state index in [-0.39, 0.29) is 29.7 Å². The molecule has 28 heavy (non-hydrogen) atoms. The van der Waals surface area contributed by atoms with E-state index in [0.717, 1.165) is 38.3 Å². The van der Waals surface area contributed by atoms with Gasteiger partial charge in [-0.25, -0.2) is 12.7 Å². The van der Waals surface area contributed by atoms with E-state index in [0.29, 0.717) is 25.6 Å². The molecule has 0 amide bonds. The number of rotatable bonds is 8. The van der Waals surface area contributed by atoms with E-state index in [1.165, 1.54) is 9.87 Å². The highest BCUT2D eigenvalue weighted by Gasteiger charge is 2.23. The largest absolute Gasteiger partial charge is 0.355 e. The Hall–Kier alpha value is -0.870. The standard InChI is InChI=1S/C20H34N4O2S.HI/c1-4-24(5-2)27(25,26)16-13-22-20(21-3)23-14-11-19(12-15-23)17-18-9-7-6-8-10-18;/h6-10,19H,4-5,11-17H2,1-3H3,(H,21,22);1H. The number of hydrogen-bond donors (Lipinski definition) is 1. The SMILES string of the molecule is CCN(CC)S(=O)(=O)CCNC(=NC)N1CCC(Cc2ccccc2)CC1.I. The fourth-order valence-corrected chi connectivity index (χ4v) is 5.07. The second-order valence-corrected chi connectivity index (χ2v) is 9.08.